The molecule has 1 aliphatic carbocycles. The van der Waals surface area contributed by atoms with Crippen molar-refractivity contribution < 1.29 is 18.3 Å². The first kappa shape index (κ1) is 19.1. The summed E-state index contributed by atoms with van der Waals surface area (Å²) in [5, 5.41) is 2.73. The third-order valence-electron chi connectivity index (χ3n) is 5.26. The summed E-state index contributed by atoms with van der Waals surface area (Å²) < 4.78 is 30.6. The van der Waals surface area contributed by atoms with Crippen molar-refractivity contribution >= 4 is 6.09 Å². The predicted molar refractivity (Wildman–Crippen MR) is 108 cm³/mol. The molecule has 0 heterocycles. The summed E-state index contributed by atoms with van der Waals surface area (Å²) in [5.41, 5.74) is 5.58. The number of halogens is 2. The van der Waals surface area contributed by atoms with Crippen LogP contribution >= 0.6 is 0 Å². The molecule has 0 fully saturated rings. The first-order valence-corrected chi connectivity index (χ1v) is 9.59. The lowest BCUT2D eigenvalue weighted by atomic mass is 9.98. The Morgan fingerprint density at radius 3 is 2.07 bits per heavy atom. The smallest absolute Gasteiger partial charge is 0.407 e. The molecular weight excluding hydrogens is 372 g/mol. The third kappa shape index (κ3) is 4.14. The van der Waals surface area contributed by atoms with E-state index in [4.69, 9.17) is 4.74 Å². The Kier molecular flexibility index (Phi) is 5.56. The fraction of sp³-hybridized carbons (Fsp3) is 0.208. The number of carbonyl (C=O) groups excluding carboxylic acids is 1. The van der Waals surface area contributed by atoms with Crippen molar-refractivity contribution in [2.45, 2.75) is 18.8 Å². The normalized spacial score (nSPS) is 12.5. The van der Waals surface area contributed by atoms with Crippen LogP contribution in [-0.2, 0) is 11.2 Å². The lowest BCUT2D eigenvalue weighted by molar-refractivity contribution is 0.143. The summed E-state index contributed by atoms with van der Waals surface area (Å²) >= 11 is 0. The molecule has 0 aliphatic heterocycles. The lowest BCUT2D eigenvalue weighted by Gasteiger charge is -2.14. The van der Waals surface area contributed by atoms with E-state index < -0.39 is 12.5 Å². The van der Waals surface area contributed by atoms with Gasteiger partial charge in [-0.15, -0.1) is 0 Å². The van der Waals surface area contributed by atoms with Crippen molar-refractivity contribution in [3.8, 4) is 11.1 Å². The summed E-state index contributed by atoms with van der Waals surface area (Å²) in [6, 6.07) is 22.5. The molecule has 3 aromatic rings. The van der Waals surface area contributed by atoms with Crippen molar-refractivity contribution in [1.82, 2.24) is 5.32 Å². The van der Waals surface area contributed by atoms with Crippen LogP contribution in [0.2, 0.25) is 0 Å². The van der Waals surface area contributed by atoms with Crippen LogP contribution in [0.15, 0.2) is 72.8 Å². The zero-order valence-corrected chi connectivity index (χ0v) is 15.8. The molecule has 0 radical (unpaired) electrons. The van der Waals surface area contributed by atoms with Crippen LogP contribution in [0.5, 0.6) is 0 Å². The van der Waals surface area contributed by atoms with Gasteiger partial charge < -0.3 is 10.1 Å². The van der Waals surface area contributed by atoms with Gasteiger partial charge in [-0.05, 0) is 34.2 Å². The molecule has 29 heavy (non-hydrogen) atoms. The number of alkyl carbamates (subject to hydrolysis) is 1. The number of nitrogens with one attached hydrogen (secondary N) is 1. The van der Waals surface area contributed by atoms with Gasteiger partial charge in [-0.2, -0.15) is 0 Å². The molecule has 0 bridgehead atoms. The maximum absolute atomic E-state index is 12.6. The number of hydrogen-bond acceptors (Lipinski definition) is 2. The molecule has 148 valence electrons. The molecule has 0 aromatic heterocycles. The molecule has 0 saturated heterocycles. The van der Waals surface area contributed by atoms with Crippen molar-refractivity contribution in [2.75, 3.05) is 13.2 Å². The van der Waals surface area contributed by atoms with Gasteiger partial charge in [0, 0.05) is 18.0 Å². The summed E-state index contributed by atoms with van der Waals surface area (Å²) in [7, 11) is 0. The maximum Gasteiger partial charge on any atom is 0.407 e. The second-order valence-electron chi connectivity index (χ2n) is 7.04. The van der Waals surface area contributed by atoms with E-state index in [9.17, 15) is 13.6 Å². The predicted octanol–water partition coefficient (Wildman–Crippen LogP) is 5.71. The second kappa shape index (κ2) is 8.43. The van der Waals surface area contributed by atoms with Crippen molar-refractivity contribution in [2.24, 2.45) is 0 Å². The topological polar surface area (TPSA) is 38.3 Å². The van der Waals surface area contributed by atoms with Gasteiger partial charge in [0.1, 0.15) is 6.61 Å². The van der Waals surface area contributed by atoms with E-state index in [2.05, 4.69) is 29.6 Å². The lowest BCUT2D eigenvalue weighted by Crippen LogP contribution is -2.28. The highest BCUT2D eigenvalue weighted by Crippen LogP contribution is 2.44. The van der Waals surface area contributed by atoms with Gasteiger partial charge in [-0.1, -0.05) is 72.8 Å². The van der Waals surface area contributed by atoms with Crippen LogP contribution in [0.1, 0.15) is 34.6 Å². The largest absolute Gasteiger partial charge is 0.449 e. The highest BCUT2D eigenvalue weighted by atomic mass is 19.3. The van der Waals surface area contributed by atoms with Crippen molar-refractivity contribution in [1.29, 1.82) is 0 Å². The Bertz CT molecular complexity index is 956. The van der Waals surface area contributed by atoms with Crippen LogP contribution in [0, 0.1) is 0 Å². The number of alkyl halides is 2. The quantitative estimate of drug-likeness (QED) is 0.583. The zero-order valence-electron chi connectivity index (χ0n) is 15.8. The highest BCUT2D eigenvalue weighted by Gasteiger charge is 2.28. The number of rotatable bonds is 6. The molecule has 0 saturated carbocycles. The van der Waals surface area contributed by atoms with Gasteiger partial charge in [-0.25, -0.2) is 13.6 Å². The van der Waals surface area contributed by atoms with Crippen LogP contribution < -0.4 is 5.32 Å². The molecular formula is C24H21F2NO2. The van der Waals surface area contributed by atoms with Gasteiger partial charge in [-0.3, -0.25) is 0 Å². The second-order valence-corrected chi connectivity index (χ2v) is 7.04. The SMILES string of the molecule is O=C(NCCc1ccc(C(F)F)cc1)OCC1c2ccccc2-c2ccccc21. The van der Waals surface area contributed by atoms with Gasteiger partial charge in [0.05, 0.1) is 0 Å². The number of hydrogen-bond donors (Lipinski definition) is 1. The minimum absolute atomic E-state index is 0.00162. The standard InChI is InChI=1S/C24H21F2NO2/c25-23(26)17-11-9-16(10-12-17)13-14-27-24(28)29-15-22-20-7-3-1-5-18(20)19-6-2-4-8-21(19)22/h1-12,22-23H,13-15H2,(H,27,28). The average Bonchev–Trinajstić information content (AvgIpc) is 3.06. The van der Waals surface area contributed by atoms with E-state index in [1.807, 2.05) is 24.3 Å². The summed E-state index contributed by atoms with van der Waals surface area (Å²) in [5.74, 6) is 0.0232. The maximum atomic E-state index is 12.6. The molecule has 4 rings (SSSR count). The van der Waals surface area contributed by atoms with Gasteiger partial charge in [0.2, 0.25) is 0 Å². The van der Waals surface area contributed by atoms with E-state index >= 15 is 0 Å². The van der Waals surface area contributed by atoms with Gasteiger partial charge >= 0.3 is 6.09 Å². The van der Waals surface area contributed by atoms with Crippen LogP contribution in [0.25, 0.3) is 11.1 Å². The van der Waals surface area contributed by atoms with Crippen LogP contribution in [0.4, 0.5) is 13.6 Å². The molecule has 0 atom stereocenters. The molecule has 5 heteroatoms. The molecule has 1 aliphatic rings. The van der Waals surface area contributed by atoms with E-state index in [0.717, 1.165) is 5.56 Å². The molecule has 3 aromatic carbocycles. The van der Waals surface area contributed by atoms with Crippen LogP contribution in [-0.4, -0.2) is 19.2 Å². The van der Waals surface area contributed by atoms with E-state index in [1.165, 1.54) is 34.4 Å². The highest BCUT2D eigenvalue weighted by molar-refractivity contribution is 5.79. The fourth-order valence-corrected chi connectivity index (χ4v) is 3.79. The Labute approximate surface area is 168 Å². The summed E-state index contributed by atoms with van der Waals surface area (Å²) in [6.07, 6.45) is -2.40. The third-order valence-corrected chi connectivity index (χ3v) is 5.26. The van der Waals surface area contributed by atoms with Gasteiger partial charge in [0.15, 0.2) is 0 Å². The molecule has 1 N–H and O–H groups in total. The Morgan fingerprint density at radius 1 is 0.897 bits per heavy atom. The Balaban J connectivity index is 1.31. The number of amides is 1. The number of benzene rings is 3. The number of ether oxygens (including phenoxy) is 1. The first-order valence-electron chi connectivity index (χ1n) is 9.59. The van der Waals surface area contributed by atoms with Gasteiger partial charge in [0.25, 0.3) is 6.43 Å². The zero-order chi connectivity index (χ0) is 20.2. The molecule has 1 amide bonds. The fourth-order valence-electron chi connectivity index (χ4n) is 3.79. The minimum atomic E-state index is -2.47. The molecule has 0 unspecified atom stereocenters. The van der Waals surface area contributed by atoms with E-state index in [1.54, 1.807) is 12.1 Å². The van der Waals surface area contributed by atoms with Crippen LogP contribution in [0.3, 0.4) is 0 Å². The Morgan fingerprint density at radius 2 is 1.48 bits per heavy atom. The first-order chi connectivity index (χ1) is 14.1. The number of carbonyl (C=O) groups is 1. The average molecular weight is 393 g/mol. The van der Waals surface area contributed by atoms with E-state index in [-0.39, 0.29) is 18.1 Å². The Hall–Kier alpha value is -3.21. The summed E-state index contributed by atoms with van der Waals surface area (Å²) in [6.45, 7) is 0.646. The monoisotopic (exact) mass is 393 g/mol. The van der Waals surface area contributed by atoms with Crippen molar-refractivity contribution in [3.63, 3.8) is 0 Å². The molecule has 0 spiro atoms. The van der Waals surface area contributed by atoms with E-state index in [0.29, 0.717) is 13.0 Å². The summed E-state index contributed by atoms with van der Waals surface area (Å²) in [4.78, 5) is 12.1. The number of fused-ring (bicyclic) bond motifs is 3. The molecule has 3 nitrogen and oxygen atoms in total. The van der Waals surface area contributed by atoms with Crippen molar-refractivity contribution in [3.05, 3.63) is 95.1 Å². The minimum Gasteiger partial charge on any atom is -0.449 e.